The third-order valence-electron chi connectivity index (χ3n) is 3.98. The van der Waals surface area contributed by atoms with Crippen LogP contribution in [0.3, 0.4) is 0 Å². The minimum atomic E-state index is 1.06. The molecule has 0 bridgehead atoms. The first-order valence-electron chi connectivity index (χ1n) is 9.26. The SMILES string of the molecule is CC.CC.Cc1n(CCC[n+]2ccn(CCCBr)c2C)cc[n+]1C. The van der Waals surface area contributed by atoms with Crippen LogP contribution in [0.2, 0.25) is 0 Å². The maximum absolute atomic E-state index is 3.49. The van der Waals surface area contributed by atoms with Gasteiger partial charge >= 0.3 is 0 Å². The maximum Gasteiger partial charge on any atom is 0.253 e. The van der Waals surface area contributed by atoms with Crippen molar-refractivity contribution in [2.45, 2.75) is 74.0 Å². The van der Waals surface area contributed by atoms with Crippen molar-refractivity contribution < 1.29 is 9.13 Å². The quantitative estimate of drug-likeness (QED) is 0.494. The van der Waals surface area contributed by atoms with E-state index >= 15 is 0 Å². The molecule has 0 unspecified atom stereocenters. The average molecular weight is 401 g/mol. The first-order valence-corrected chi connectivity index (χ1v) is 10.4. The lowest BCUT2D eigenvalue weighted by Gasteiger charge is -2.01. The van der Waals surface area contributed by atoms with Crippen molar-refractivity contribution in [3.8, 4) is 0 Å². The maximum atomic E-state index is 3.49. The number of hydrogen-bond acceptors (Lipinski definition) is 0. The molecule has 5 heteroatoms. The van der Waals surface area contributed by atoms with E-state index in [2.05, 4.69) is 79.9 Å². The Kier molecular flexibility index (Phi) is 12.6. The van der Waals surface area contributed by atoms with Gasteiger partial charge in [0.05, 0.1) is 26.7 Å². The highest BCUT2D eigenvalue weighted by Gasteiger charge is 2.13. The third-order valence-corrected chi connectivity index (χ3v) is 4.55. The number of aryl methyl sites for hydroxylation is 4. The molecule has 0 radical (unpaired) electrons. The van der Waals surface area contributed by atoms with Gasteiger partial charge in [0.15, 0.2) is 0 Å². The number of nitrogens with zero attached hydrogens (tertiary/aromatic N) is 4. The molecule has 0 aromatic carbocycles. The summed E-state index contributed by atoms with van der Waals surface area (Å²) in [4.78, 5) is 0. The minimum Gasteiger partial charge on any atom is -0.237 e. The van der Waals surface area contributed by atoms with Crippen LogP contribution in [0.5, 0.6) is 0 Å². The predicted molar refractivity (Wildman–Crippen MR) is 105 cm³/mol. The molecule has 4 nitrogen and oxygen atoms in total. The zero-order valence-electron chi connectivity index (χ0n) is 16.7. The van der Waals surface area contributed by atoms with Crippen LogP contribution in [-0.4, -0.2) is 14.5 Å². The first kappa shape index (κ1) is 22.9. The molecule has 138 valence electrons. The molecule has 0 atom stereocenters. The van der Waals surface area contributed by atoms with Crippen molar-refractivity contribution in [2.75, 3.05) is 5.33 Å². The summed E-state index contributed by atoms with van der Waals surface area (Å²) >= 11 is 3.49. The summed E-state index contributed by atoms with van der Waals surface area (Å²) < 4.78 is 9.17. The molecule has 0 aliphatic heterocycles. The van der Waals surface area contributed by atoms with Crippen molar-refractivity contribution in [2.24, 2.45) is 7.05 Å². The number of hydrogen-bond donors (Lipinski definition) is 0. The van der Waals surface area contributed by atoms with Crippen LogP contribution in [-0.2, 0) is 26.7 Å². The van der Waals surface area contributed by atoms with Crippen LogP contribution in [0, 0.1) is 13.8 Å². The average Bonchev–Trinajstić information content (AvgIpc) is 3.14. The molecule has 2 aromatic rings. The molecule has 0 N–H and O–H groups in total. The molecule has 0 saturated carbocycles. The Morgan fingerprint density at radius 2 is 1.42 bits per heavy atom. The second-order valence-corrected chi connectivity index (χ2v) is 6.07. The Morgan fingerprint density at radius 1 is 0.875 bits per heavy atom. The number of aromatic nitrogens is 4. The molecule has 0 aliphatic carbocycles. The van der Waals surface area contributed by atoms with Gasteiger partial charge in [0.25, 0.3) is 11.6 Å². The van der Waals surface area contributed by atoms with Gasteiger partial charge in [-0.3, -0.25) is 0 Å². The van der Waals surface area contributed by atoms with Gasteiger partial charge in [-0.2, -0.15) is 0 Å². The number of halogens is 1. The zero-order valence-corrected chi connectivity index (χ0v) is 18.3. The van der Waals surface area contributed by atoms with Crippen molar-refractivity contribution in [1.82, 2.24) is 9.13 Å². The van der Waals surface area contributed by atoms with Crippen molar-refractivity contribution >= 4 is 15.9 Å². The highest BCUT2D eigenvalue weighted by atomic mass is 79.9. The van der Waals surface area contributed by atoms with E-state index in [1.807, 2.05) is 27.7 Å². The van der Waals surface area contributed by atoms with Gasteiger partial charge < -0.3 is 0 Å². The molecule has 0 aliphatic rings. The lowest BCUT2D eigenvalue weighted by molar-refractivity contribution is -0.703. The second kappa shape index (κ2) is 13.2. The number of rotatable bonds is 7. The molecule has 0 saturated heterocycles. The molecule has 0 spiro atoms. The van der Waals surface area contributed by atoms with E-state index in [1.54, 1.807) is 0 Å². The van der Waals surface area contributed by atoms with E-state index in [-0.39, 0.29) is 0 Å². The van der Waals surface area contributed by atoms with Gasteiger partial charge in [-0.1, -0.05) is 43.6 Å². The van der Waals surface area contributed by atoms with E-state index in [0.717, 1.165) is 31.4 Å². The van der Waals surface area contributed by atoms with Crippen LogP contribution in [0.25, 0.3) is 0 Å². The highest BCUT2D eigenvalue weighted by Crippen LogP contribution is 2.00. The van der Waals surface area contributed by atoms with E-state index < -0.39 is 0 Å². The third kappa shape index (κ3) is 6.80. The Bertz CT molecular complexity index is 558. The Labute approximate surface area is 157 Å². The summed E-state index contributed by atoms with van der Waals surface area (Å²) in [6, 6.07) is 0. The Morgan fingerprint density at radius 3 is 1.96 bits per heavy atom. The van der Waals surface area contributed by atoms with Crippen LogP contribution < -0.4 is 9.13 Å². The topological polar surface area (TPSA) is 17.6 Å². The van der Waals surface area contributed by atoms with E-state index in [4.69, 9.17) is 0 Å². The van der Waals surface area contributed by atoms with Crippen molar-refractivity contribution in [3.63, 3.8) is 0 Å². The minimum absolute atomic E-state index is 1.06. The van der Waals surface area contributed by atoms with Gasteiger partial charge in [-0.05, 0) is 6.42 Å². The normalized spacial score (nSPS) is 9.83. The van der Waals surface area contributed by atoms with Gasteiger partial charge in [0.2, 0.25) is 0 Å². The van der Waals surface area contributed by atoms with E-state index in [0.29, 0.717) is 0 Å². The molecule has 2 aromatic heterocycles. The van der Waals surface area contributed by atoms with Crippen molar-refractivity contribution in [3.05, 3.63) is 36.4 Å². The zero-order chi connectivity index (χ0) is 18.5. The Balaban J connectivity index is 0.00000123. The monoisotopic (exact) mass is 400 g/mol. The van der Waals surface area contributed by atoms with Gasteiger partial charge in [-0.25, -0.2) is 18.3 Å². The fourth-order valence-electron chi connectivity index (χ4n) is 2.49. The summed E-state index contributed by atoms with van der Waals surface area (Å²) in [6.07, 6.45) is 11.0. The van der Waals surface area contributed by atoms with Gasteiger partial charge in [0, 0.05) is 25.6 Å². The second-order valence-electron chi connectivity index (χ2n) is 5.28. The molecule has 0 amide bonds. The fraction of sp³-hybridized carbons (Fsp3) is 0.684. The van der Waals surface area contributed by atoms with Crippen LogP contribution in [0.1, 0.15) is 52.2 Å². The van der Waals surface area contributed by atoms with Crippen LogP contribution in [0.15, 0.2) is 24.8 Å². The standard InChI is InChI=1S/C15H25BrN4.2C2H6/c1-14-17(3)10-11-18(14)8-5-9-20-13-12-19(15(20)2)7-4-6-16;2*1-2/h10-13H,4-9H2,1-3H3;2*1-2H3/q+2;;. The van der Waals surface area contributed by atoms with Gasteiger partial charge in [0.1, 0.15) is 24.8 Å². The summed E-state index contributed by atoms with van der Waals surface area (Å²) in [7, 11) is 2.09. The number of alkyl halides is 1. The number of imidazole rings is 2. The van der Waals surface area contributed by atoms with Crippen LogP contribution >= 0.6 is 15.9 Å². The van der Waals surface area contributed by atoms with Gasteiger partial charge in [-0.15, -0.1) is 0 Å². The summed E-state index contributed by atoms with van der Waals surface area (Å²) in [6.45, 7) is 15.6. The Hall–Kier alpha value is -1.10. The highest BCUT2D eigenvalue weighted by molar-refractivity contribution is 9.09. The smallest absolute Gasteiger partial charge is 0.237 e. The van der Waals surface area contributed by atoms with Crippen molar-refractivity contribution in [1.29, 1.82) is 0 Å². The molecule has 2 rings (SSSR count). The largest absolute Gasteiger partial charge is 0.253 e. The summed E-state index contributed by atoms with van der Waals surface area (Å²) in [5, 5.41) is 1.06. The molecule has 2 heterocycles. The lowest BCUT2D eigenvalue weighted by Crippen LogP contribution is -2.36. The molecule has 24 heavy (non-hydrogen) atoms. The molecular weight excluding hydrogens is 364 g/mol. The first-order chi connectivity index (χ1) is 11.6. The summed E-state index contributed by atoms with van der Waals surface area (Å²) in [5.74, 6) is 2.65. The van der Waals surface area contributed by atoms with E-state index in [9.17, 15) is 0 Å². The summed E-state index contributed by atoms with van der Waals surface area (Å²) in [5.41, 5.74) is 0. The molecular formula is C19H37BrN4+2. The lowest BCUT2D eigenvalue weighted by atomic mass is 10.4. The fourth-order valence-corrected chi connectivity index (χ4v) is 2.74. The van der Waals surface area contributed by atoms with Crippen LogP contribution in [0.4, 0.5) is 0 Å². The predicted octanol–water partition coefficient (Wildman–Crippen LogP) is 3.95. The van der Waals surface area contributed by atoms with E-state index in [1.165, 1.54) is 18.1 Å². The molecule has 0 fully saturated rings.